The molecule has 3 atom stereocenters. The summed E-state index contributed by atoms with van der Waals surface area (Å²) in [6.07, 6.45) is 1.15. The predicted octanol–water partition coefficient (Wildman–Crippen LogP) is 1.98. The van der Waals surface area contributed by atoms with E-state index in [0.29, 0.717) is 0 Å². The van der Waals surface area contributed by atoms with Gasteiger partial charge >= 0.3 is 0 Å². The Labute approximate surface area is 88.3 Å². The molecule has 1 N–H and O–H groups in total. The zero-order valence-corrected chi connectivity index (χ0v) is 10.2. The first-order chi connectivity index (χ1) is 6.30. The minimum atomic E-state index is -0.221. The highest BCUT2D eigenvalue weighted by Crippen LogP contribution is 2.38. The van der Waals surface area contributed by atoms with E-state index in [1.54, 1.807) is 0 Å². The van der Waals surface area contributed by atoms with E-state index in [4.69, 9.17) is 0 Å². The Kier molecular flexibility index (Phi) is 3.59. The number of nitrogens with zero attached hydrogens (tertiary/aromatic N) is 1. The summed E-state index contributed by atoms with van der Waals surface area (Å²) in [5, 5.41) is 9.91. The number of aliphatic hydroxyl groups is 1. The molecule has 14 heavy (non-hydrogen) atoms. The summed E-state index contributed by atoms with van der Waals surface area (Å²) in [6.45, 7) is 10.5. The second kappa shape index (κ2) is 4.19. The van der Waals surface area contributed by atoms with Gasteiger partial charge in [-0.2, -0.15) is 0 Å². The van der Waals surface area contributed by atoms with Gasteiger partial charge in [0.25, 0.3) is 0 Å². The number of hydrogen-bond acceptors (Lipinski definition) is 2. The van der Waals surface area contributed by atoms with Crippen LogP contribution in [0.4, 0.5) is 0 Å². The summed E-state index contributed by atoms with van der Waals surface area (Å²) < 4.78 is 0. The lowest BCUT2D eigenvalue weighted by atomic mass is 9.89. The average molecular weight is 199 g/mol. The predicted molar refractivity (Wildman–Crippen MR) is 60.2 cm³/mol. The van der Waals surface area contributed by atoms with E-state index in [-0.39, 0.29) is 11.5 Å². The Bertz CT molecular complexity index is 185. The Balaban J connectivity index is 2.22. The van der Waals surface area contributed by atoms with Gasteiger partial charge in [-0.25, -0.2) is 0 Å². The third-order valence-electron chi connectivity index (χ3n) is 3.31. The second-order valence-electron chi connectivity index (χ2n) is 6.08. The van der Waals surface area contributed by atoms with Crippen LogP contribution >= 0.6 is 0 Å². The van der Waals surface area contributed by atoms with Gasteiger partial charge in [0, 0.05) is 13.1 Å². The highest BCUT2D eigenvalue weighted by atomic mass is 16.3. The molecule has 0 saturated heterocycles. The molecule has 0 bridgehead atoms. The van der Waals surface area contributed by atoms with Gasteiger partial charge in [0.1, 0.15) is 0 Å². The average Bonchev–Trinajstić information content (AvgIpc) is 2.63. The van der Waals surface area contributed by atoms with E-state index in [2.05, 4.69) is 39.6 Å². The zero-order valence-electron chi connectivity index (χ0n) is 10.2. The monoisotopic (exact) mass is 199 g/mol. The minimum absolute atomic E-state index is 0.00340. The Morgan fingerprint density at radius 2 is 1.93 bits per heavy atom. The van der Waals surface area contributed by atoms with Crippen LogP contribution in [0.5, 0.6) is 0 Å². The fourth-order valence-electron chi connectivity index (χ4n) is 1.70. The number of aliphatic hydroxyl groups excluding tert-OH is 1. The van der Waals surface area contributed by atoms with E-state index in [1.807, 2.05) is 0 Å². The number of likely N-dealkylation sites (N-methyl/N-ethyl adjacent to an activating group) is 1. The van der Waals surface area contributed by atoms with Crippen LogP contribution in [0.15, 0.2) is 0 Å². The molecule has 0 heterocycles. The molecule has 0 spiro atoms. The molecule has 2 heteroatoms. The van der Waals surface area contributed by atoms with E-state index in [9.17, 15) is 5.11 Å². The van der Waals surface area contributed by atoms with E-state index >= 15 is 0 Å². The van der Waals surface area contributed by atoms with Crippen molar-refractivity contribution in [3.63, 3.8) is 0 Å². The van der Waals surface area contributed by atoms with E-state index in [0.717, 1.165) is 24.9 Å². The summed E-state index contributed by atoms with van der Waals surface area (Å²) >= 11 is 0. The highest BCUT2D eigenvalue weighted by Gasteiger charge is 2.34. The number of hydrogen-bond donors (Lipinski definition) is 1. The second-order valence-corrected chi connectivity index (χ2v) is 6.08. The van der Waals surface area contributed by atoms with E-state index < -0.39 is 0 Å². The largest absolute Gasteiger partial charge is 0.391 e. The van der Waals surface area contributed by atoms with Crippen molar-refractivity contribution in [3.05, 3.63) is 0 Å². The van der Waals surface area contributed by atoms with Crippen molar-refractivity contribution < 1.29 is 5.11 Å². The smallest absolute Gasteiger partial charge is 0.0715 e. The molecule has 1 aliphatic carbocycles. The molecule has 84 valence electrons. The lowest BCUT2D eigenvalue weighted by molar-refractivity contribution is 0.0338. The maximum atomic E-state index is 9.91. The highest BCUT2D eigenvalue weighted by molar-refractivity contribution is 4.85. The van der Waals surface area contributed by atoms with Crippen molar-refractivity contribution in [1.29, 1.82) is 0 Å². The third-order valence-corrected chi connectivity index (χ3v) is 3.31. The fraction of sp³-hybridized carbons (Fsp3) is 1.00. The van der Waals surface area contributed by atoms with Crippen molar-refractivity contribution in [2.24, 2.45) is 17.3 Å². The molecule has 0 aromatic carbocycles. The quantitative estimate of drug-likeness (QED) is 0.748. The molecule has 1 fully saturated rings. The van der Waals surface area contributed by atoms with Crippen LogP contribution in [0.3, 0.4) is 0 Å². The molecule has 2 nitrogen and oxygen atoms in total. The van der Waals surface area contributed by atoms with Gasteiger partial charge < -0.3 is 10.0 Å². The molecule has 0 aromatic heterocycles. The van der Waals surface area contributed by atoms with Gasteiger partial charge in [-0.15, -0.1) is 0 Å². The fourth-order valence-corrected chi connectivity index (χ4v) is 1.70. The van der Waals surface area contributed by atoms with Gasteiger partial charge in [-0.3, -0.25) is 0 Å². The first-order valence-electron chi connectivity index (χ1n) is 5.67. The normalized spacial score (nSPS) is 29.4. The van der Waals surface area contributed by atoms with Gasteiger partial charge in [-0.1, -0.05) is 27.7 Å². The van der Waals surface area contributed by atoms with Crippen molar-refractivity contribution in [2.75, 3.05) is 20.1 Å². The summed E-state index contributed by atoms with van der Waals surface area (Å²) in [4.78, 5) is 2.27. The Morgan fingerprint density at radius 1 is 1.43 bits per heavy atom. The summed E-state index contributed by atoms with van der Waals surface area (Å²) in [6, 6.07) is 0. The van der Waals surface area contributed by atoms with Crippen LogP contribution in [0, 0.1) is 17.3 Å². The van der Waals surface area contributed by atoms with Crippen molar-refractivity contribution in [1.82, 2.24) is 4.90 Å². The molecule has 0 aromatic rings. The maximum Gasteiger partial charge on any atom is 0.0715 e. The summed E-state index contributed by atoms with van der Waals surface area (Å²) in [5.41, 5.74) is 0.00340. The van der Waals surface area contributed by atoms with Crippen LogP contribution in [0.25, 0.3) is 0 Å². The lowest BCUT2D eigenvalue weighted by Crippen LogP contribution is -2.38. The van der Waals surface area contributed by atoms with Crippen LogP contribution in [-0.2, 0) is 0 Å². The summed E-state index contributed by atoms with van der Waals surface area (Å²) in [5.74, 6) is 1.79. The van der Waals surface area contributed by atoms with Crippen molar-refractivity contribution in [3.8, 4) is 0 Å². The van der Waals surface area contributed by atoms with Crippen LogP contribution in [0.2, 0.25) is 0 Å². The topological polar surface area (TPSA) is 23.5 Å². The van der Waals surface area contributed by atoms with Crippen LogP contribution in [-0.4, -0.2) is 36.2 Å². The van der Waals surface area contributed by atoms with E-state index in [1.165, 1.54) is 6.42 Å². The first kappa shape index (κ1) is 12.0. The van der Waals surface area contributed by atoms with Crippen molar-refractivity contribution >= 4 is 0 Å². The molecule has 1 aliphatic rings. The van der Waals surface area contributed by atoms with Crippen molar-refractivity contribution in [2.45, 2.75) is 40.2 Å². The van der Waals surface area contributed by atoms with Gasteiger partial charge in [-0.05, 0) is 30.7 Å². The molecular weight excluding hydrogens is 174 g/mol. The third kappa shape index (κ3) is 3.58. The van der Waals surface area contributed by atoms with Gasteiger partial charge in [0.05, 0.1) is 6.10 Å². The molecule has 0 radical (unpaired) electrons. The molecule has 0 aliphatic heterocycles. The Morgan fingerprint density at radius 3 is 2.29 bits per heavy atom. The van der Waals surface area contributed by atoms with Crippen LogP contribution < -0.4 is 0 Å². The first-order valence-corrected chi connectivity index (χ1v) is 5.67. The molecule has 0 amide bonds. The lowest BCUT2D eigenvalue weighted by Gasteiger charge is -2.29. The molecular formula is C12H25NO. The maximum absolute atomic E-state index is 9.91. The zero-order chi connectivity index (χ0) is 10.9. The molecule has 3 unspecified atom stereocenters. The van der Waals surface area contributed by atoms with Crippen LogP contribution in [0.1, 0.15) is 34.1 Å². The molecule has 1 saturated carbocycles. The molecule has 1 rings (SSSR count). The number of rotatable bonds is 4. The minimum Gasteiger partial charge on any atom is -0.391 e. The standard InChI is InChI=1S/C12H25NO/c1-9-6-10(9)7-13(5)8-11(14)12(2,3)4/h9-11,14H,6-8H2,1-5H3. The Hall–Kier alpha value is -0.0800. The van der Waals surface area contributed by atoms with Gasteiger partial charge in [0.2, 0.25) is 0 Å². The summed E-state index contributed by atoms with van der Waals surface area (Å²) in [7, 11) is 2.11. The SMILES string of the molecule is CC1CC1CN(C)CC(O)C(C)(C)C. The van der Waals surface area contributed by atoms with Gasteiger partial charge in [0.15, 0.2) is 0 Å².